The summed E-state index contributed by atoms with van der Waals surface area (Å²) < 4.78 is 34.3. The predicted octanol–water partition coefficient (Wildman–Crippen LogP) is 19.8. The largest absolute Gasteiger partial charge is 0.756 e. The topological polar surface area (TPSA) is 111 Å². The molecule has 0 rings (SSSR count). The van der Waals surface area contributed by atoms with Gasteiger partial charge in [0.15, 0.2) is 6.10 Å². The maximum Gasteiger partial charge on any atom is 0.306 e. The maximum atomic E-state index is 12.8. The third-order valence-corrected chi connectivity index (χ3v) is 15.7. The Kier molecular flexibility index (Phi) is 55.5. The highest BCUT2D eigenvalue weighted by molar-refractivity contribution is 7.45. The first-order chi connectivity index (χ1) is 36.0. The zero-order chi connectivity index (χ0) is 54.2. The number of ether oxygens (including phenoxy) is 2. The first-order valence-corrected chi connectivity index (χ1v) is 33.9. The van der Waals surface area contributed by atoms with E-state index in [-0.39, 0.29) is 32.0 Å². The number of hydrogen-bond donors (Lipinski definition) is 0. The fraction of sp³-hybridized carbons (Fsp3) is 0.938. The van der Waals surface area contributed by atoms with Crippen LogP contribution in [-0.4, -0.2) is 70.0 Å². The van der Waals surface area contributed by atoms with Gasteiger partial charge in [0.2, 0.25) is 0 Å². The highest BCUT2D eigenvalue weighted by atomic mass is 31.2. The summed E-state index contributed by atoms with van der Waals surface area (Å²) in [5.74, 6) is -0.810. The number of allylic oxidation sites excluding steroid dienone is 2. The van der Waals surface area contributed by atoms with Crippen molar-refractivity contribution in [1.82, 2.24) is 0 Å². The zero-order valence-corrected chi connectivity index (χ0v) is 51.0. The van der Waals surface area contributed by atoms with E-state index >= 15 is 0 Å². The Balaban J connectivity index is 4.05. The second-order valence-electron chi connectivity index (χ2n) is 23.5. The van der Waals surface area contributed by atoms with Gasteiger partial charge in [0.1, 0.15) is 19.8 Å². The van der Waals surface area contributed by atoms with Gasteiger partial charge in [-0.2, -0.15) is 0 Å². The molecule has 0 heterocycles. The lowest BCUT2D eigenvalue weighted by Gasteiger charge is -2.28. The molecule has 0 aromatic carbocycles. The summed E-state index contributed by atoms with van der Waals surface area (Å²) in [7, 11) is 1.19. The summed E-state index contributed by atoms with van der Waals surface area (Å²) in [5, 5.41) is 0. The fourth-order valence-corrected chi connectivity index (χ4v) is 10.5. The highest BCUT2D eigenvalue weighted by Crippen LogP contribution is 2.38. The van der Waals surface area contributed by atoms with Crippen LogP contribution in [0.5, 0.6) is 0 Å². The number of quaternary nitrogens is 1. The second-order valence-corrected chi connectivity index (χ2v) is 24.9. The van der Waals surface area contributed by atoms with Crippen molar-refractivity contribution in [2.45, 2.75) is 341 Å². The second kappa shape index (κ2) is 56.5. The summed E-state index contributed by atoms with van der Waals surface area (Å²) in [5.41, 5.74) is 0. The van der Waals surface area contributed by atoms with Crippen molar-refractivity contribution in [3.8, 4) is 0 Å². The molecule has 0 saturated carbocycles. The minimum absolute atomic E-state index is 0.0266. The molecule has 0 bridgehead atoms. The van der Waals surface area contributed by atoms with E-state index in [0.717, 1.165) is 32.1 Å². The monoisotopic (exact) mass is 1070 g/mol. The third-order valence-electron chi connectivity index (χ3n) is 14.8. The van der Waals surface area contributed by atoms with Crippen molar-refractivity contribution < 1.29 is 42.1 Å². The maximum absolute atomic E-state index is 12.8. The molecule has 9 nitrogen and oxygen atoms in total. The highest BCUT2D eigenvalue weighted by Gasteiger charge is 2.22. The molecule has 0 spiro atoms. The molecule has 2 atom stereocenters. The molecule has 0 fully saturated rings. The van der Waals surface area contributed by atoms with Crippen LogP contribution in [0.1, 0.15) is 335 Å². The quantitative estimate of drug-likeness (QED) is 0.0195. The summed E-state index contributed by atoms with van der Waals surface area (Å²) in [6.45, 7) is 4.32. The normalized spacial score (nSPS) is 13.2. The molecule has 0 aromatic rings. The van der Waals surface area contributed by atoms with Crippen LogP contribution in [0.4, 0.5) is 0 Å². The van der Waals surface area contributed by atoms with Crippen molar-refractivity contribution in [3.63, 3.8) is 0 Å². The first kappa shape index (κ1) is 72.8. The molecule has 0 aliphatic carbocycles. The summed E-state index contributed by atoms with van der Waals surface area (Å²) in [6, 6.07) is 0. The molecule has 0 aliphatic rings. The Hall–Kier alpha value is -1.25. The lowest BCUT2D eigenvalue weighted by molar-refractivity contribution is -0.870. The molecule has 0 saturated heterocycles. The van der Waals surface area contributed by atoms with Gasteiger partial charge < -0.3 is 27.9 Å². The van der Waals surface area contributed by atoms with Gasteiger partial charge >= 0.3 is 11.9 Å². The standard InChI is InChI=1S/C64H126NO8P/c1-6-8-10-12-14-16-18-20-22-24-26-28-30-32-34-36-38-40-42-44-46-48-50-52-54-56-63(66)70-60-62(61-72-74(68,69)71-59-58-65(3,4)5)73-64(67)57-55-53-51-49-47-45-43-41-39-37-35-33-31-29-27-25-23-21-19-17-15-13-11-9-7-2/h25,27,62H,6-24,26,28-61H2,1-5H3/b27-25-. The zero-order valence-electron chi connectivity index (χ0n) is 50.1. The minimum atomic E-state index is -4.63. The molecular weight excluding hydrogens is 942 g/mol. The van der Waals surface area contributed by atoms with Crippen LogP contribution in [0.3, 0.4) is 0 Å². The molecule has 0 aromatic heterocycles. The fourth-order valence-electron chi connectivity index (χ4n) is 9.77. The number of hydrogen-bond acceptors (Lipinski definition) is 8. The van der Waals surface area contributed by atoms with E-state index in [1.807, 2.05) is 21.1 Å². The number of phosphoric acid groups is 1. The van der Waals surface area contributed by atoms with Crippen LogP contribution in [0.15, 0.2) is 12.2 Å². The third kappa shape index (κ3) is 60.0. The molecule has 74 heavy (non-hydrogen) atoms. The van der Waals surface area contributed by atoms with Crippen molar-refractivity contribution in [3.05, 3.63) is 12.2 Å². The first-order valence-electron chi connectivity index (χ1n) is 32.4. The molecule has 0 aliphatic heterocycles. The number of carbonyl (C=O) groups is 2. The van der Waals surface area contributed by atoms with E-state index in [9.17, 15) is 19.0 Å². The Labute approximate surface area is 460 Å². The van der Waals surface area contributed by atoms with E-state index in [2.05, 4.69) is 26.0 Å². The van der Waals surface area contributed by atoms with Gasteiger partial charge in [0.25, 0.3) is 7.82 Å². The van der Waals surface area contributed by atoms with Gasteiger partial charge in [-0.05, 0) is 38.5 Å². The molecule has 0 radical (unpaired) electrons. The smallest absolute Gasteiger partial charge is 0.306 e. The molecule has 0 amide bonds. The van der Waals surface area contributed by atoms with Crippen LogP contribution >= 0.6 is 7.82 Å². The van der Waals surface area contributed by atoms with E-state index in [1.54, 1.807) is 0 Å². The molecule has 10 heteroatoms. The number of nitrogens with zero attached hydrogens (tertiary/aromatic N) is 1. The lowest BCUT2D eigenvalue weighted by atomic mass is 10.0. The summed E-state index contributed by atoms with van der Waals surface area (Å²) >= 11 is 0. The van der Waals surface area contributed by atoms with Crippen molar-refractivity contribution in [1.29, 1.82) is 0 Å². The Morgan fingerprint density at radius 3 is 1.00 bits per heavy atom. The Morgan fingerprint density at radius 2 is 0.689 bits per heavy atom. The number of likely N-dealkylation sites (N-methyl/N-ethyl adjacent to an activating group) is 1. The van der Waals surface area contributed by atoms with Crippen molar-refractivity contribution in [2.75, 3.05) is 47.5 Å². The van der Waals surface area contributed by atoms with E-state index in [4.69, 9.17) is 18.5 Å². The molecule has 440 valence electrons. The van der Waals surface area contributed by atoms with Gasteiger partial charge in [-0.3, -0.25) is 14.2 Å². The summed E-state index contributed by atoms with van der Waals surface area (Å²) in [6.07, 6.45) is 67.0. The molecular formula is C64H126NO8P. The van der Waals surface area contributed by atoms with E-state index in [1.165, 1.54) is 270 Å². The molecule has 0 N–H and O–H groups in total. The lowest BCUT2D eigenvalue weighted by Crippen LogP contribution is -2.37. The number of carbonyl (C=O) groups excluding carboxylic acids is 2. The van der Waals surface area contributed by atoms with Gasteiger partial charge in [0.05, 0.1) is 27.7 Å². The van der Waals surface area contributed by atoms with Crippen molar-refractivity contribution in [2.24, 2.45) is 0 Å². The van der Waals surface area contributed by atoms with E-state index < -0.39 is 26.5 Å². The van der Waals surface area contributed by atoms with Crippen LogP contribution < -0.4 is 4.89 Å². The Bertz CT molecular complexity index is 1260. The van der Waals surface area contributed by atoms with Gasteiger partial charge in [-0.1, -0.05) is 296 Å². The molecule has 2 unspecified atom stereocenters. The summed E-state index contributed by atoms with van der Waals surface area (Å²) in [4.78, 5) is 38.0. The van der Waals surface area contributed by atoms with Gasteiger partial charge in [-0.25, -0.2) is 0 Å². The number of esters is 2. The van der Waals surface area contributed by atoms with Crippen LogP contribution in [0, 0.1) is 0 Å². The van der Waals surface area contributed by atoms with Crippen molar-refractivity contribution >= 4 is 19.8 Å². The van der Waals surface area contributed by atoms with Crippen LogP contribution in [0.2, 0.25) is 0 Å². The van der Waals surface area contributed by atoms with Crippen LogP contribution in [-0.2, 0) is 32.7 Å². The number of phosphoric ester groups is 1. The average molecular weight is 1070 g/mol. The van der Waals surface area contributed by atoms with Gasteiger partial charge in [0, 0.05) is 12.8 Å². The number of unbranched alkanes of at least 4 members (excludes halogenated alkanes) is 45. The SMILES string of the molecule is CCCCCCCCCC/C=C\CCCCCCCCCCCCCCCC(=O)OC(COC(=O)CCCCCCCCCCCCCCCCCCCCCCCCCCC)COP(=O)([O-])OCC[N+](C)(C)C. The van der Waals surface area contributed by atoms with Crippen LogP contribution in [0.25, 0.3) is 0 Å². The van der Waals surface area contributed by atoms with Gasteiger partial charge in [-0.15, -0.1) is 0 Å². The average Bonchev–Trinajstić information content (AvgIpc) is 3.36. The minimum Gasteiger partial charge on any atom is -0.756 e. The van der Waals surface area contributed by atoms with E-state index in [0.29, 0.717) is 17.4 Å². The predicted molar refractivity (Wildman–Crippen MR) is 315 cm³/mol. The number of rotatable bonds is 61. The Morgan fingerprint density at radius 1 is 0.405 bits per heavy atom.